The largest absolute Gasteiger partial charge is 0.384 e. The lowest BCUT2D eigenvalue weighted by molar-refractivity contribution is 0.673. The van der Waals surface area contributed by atoms with Crippen molar-refractivity contribution in [2.24, 2.45) is 0 Å². The summed E-state index contributed by atoms with van der Waals surface area (Å²) < 4.78 is 0. The molecule has 0 spiro atoms. The van der Waals surface area contributed by atoms with Crippen molar-refractivity contribution in [2.45, 2.75) is 32.4 Å². The molecule has 0 aromatic heterocycles. The highest BCUT2D eigenvalue weighted by Crippen LogP contribution is 2.35. The Labute approximate surface area is 120 Å². The Morgan fingerprint density at radius 3 is 2.90 bits per heavy atom. The fourth-order valence-electron chi connectivity index (χ4n) is 3.60. The number of rotatable bonds is 2. The van der Waals surface area contributed by atoms with Crippen LogP contribution in [0.1, 0.15) is 23.6 Å². The maximum atomic E-state index is 3.55. The zero-order valence-electron chi connectivity index (χ0n) is 11.9. The van der Waals surface area contributed by atoms with E-state index in [9.17, 15) is 0 Å². The molecule has 0 radical (unpaired) electrons. The Hall–Kier alpha value is -1.96. The molecule has 2 heteroatoms. The fourth-order valence-corrected chi connectivity index (χ4v) is 3.60. The number of hydrogen-bond acceptors (Lipinski definition) is 2. The van der Waals surface area contributed by atoms with Crippen LogP contribution >= 0.6 is 0 Å². The highest BCUT2D eigenvalue weighted by atomic mass is 15.2. The van der Waals surface area contributed by atoms with E-state index in [2.05, 4.69) is 59.6 Å². The molecule has 2 aromatic rings. The number of para-hydroxylation sites is 2. The first kappa shape index (κ1) is 11.8. The third kappa shape index (κ3) is 1.79. The van der Waals surface area contributed by atoms with Gasteiger partial charge in [-0.1, -0.05) is 36.4 Å². The van der Waals surface area contributed by atoms with Crippen LogP contribution in [-0.4, -0.2) is 12.6 Å². The van der Waals surface area contributed by atoms with Crippen molar-refractivity contribution >= 4 is 11.4 Å². The van der Waals surface area contributed by atoms with Crippen LogP contribution in [0.15, 0.2) is 42.5 Å². The van der Waals surface area contributed by atoms with Gasteiger partial charge in [0.05, 0.1) is 0 Å². The van der Waals surface area contributed by atoms with Gasteiger partial charge >= 0.3 is 0 Å². The van der Waals surface area contributed by atoms with Crippen LogP contribution < -0.4 is 10.2 Å². The van der Waals surface area contributed by atoms with Crippen molar-refractivity contribution in [2.75, 3.05) is 16.8 Å². The van der Waals surface area contributed by atoms with Gasteiger partial charge in [0.2, 0.25) is 0 Å². The molecule has 0 saturated carbocycles. The zero-order chi connectivity index (χ0) is 13.5. The van der Waals surface area contributed by atoms with Crippen molar-refractivity contribution < 1.29 is 0 Å². The highest BCUT2D eigenvalue weighted by Gasteiger charge is 2.26. The van der Waals surface area contributed by atoms with E-state index in [0.717, 1.165) is 19.5 Å². The van der Waals surface area contributed by atoms with E-state index in [1.807, 2.05) is 0 Å². The van der Waals surface area contributed by atoms with E-state index in [1.165, 1.54) is 34.5 Å². The SMILES string of the molecule is CC1Cc2ccccc2N1Cc1cccc2c1NCC2. The summed E-state index contributed by atoms with van der Waals surface area (Å²) >= 11 is 0. The minimum Gasteiger partial charge on any atom is -0.384 e. The standard InChI is InChI=1S/C18H20N2/c1-13-11-15-5-2-3-8-17(15)20(13)12-16-7-4-6-14-9-10-19-18(14)16/h2-8,13,19H,9-12H2,1H3. The predicted molar refractivity (Wildman–Crippen MR) is 84.4 cm³/mol. The van der Waals surface area contributed by atoms with Crippen molar-refractivity contribution in [3.05, 3.63) is 59.2 Å². The second-order valence-electron chi connectivity index (χ2n) is 5.94. The summed E-state index contributed by atoms with van der Waals surface area (Å²) in [5.74, 6) is 0. The summed E-state index contributed by atoms with van der Waals surface area (Å²) in [7, 11) is 0. The normalized spacial score (nSPS) is 19.6. The molecule has 1 unspecified atom stereocenters. The topological polar surface area (TPSA) is 15.3 Å². The van der Waals surface area contributed by atoms with Crippen molar-refractivity contribution in [1.82, 2.24) is 0 Å². The predicted octanol–water partition coefficient (Wildman–Crippen LogP) is 3.61. The molecule has 2 aliphatic heterocycles. The molecule has 0 fully saturated rings. The van der Waals surface area contributed by atoms with E-state index in [0.29, 0.717) is 6.04 Å². The minimum absolute atomic E-state index is 0.588. The van der Waals surface area contributed by atoms with E-state index < -0.39 is 0 Å². The smallest absolute Gasteiger partial charge is 0.0453 e. The van der Waals surface area contributed by atoms with Crippen LogP contribution in [0.4, 0.5) is 11.4 Å². The lowest BCUT2D eigenvalue weighted by atomic mass is 10.1. The van der Waals surface area contributed by atoms with Crippen LogP contribution in [0.5, 0.6) is 0 Å². The molecule has 0 saturated heterocycles. The average Bonchev–Trinajstić information content (AvgIpc) is 3.05. The number of fused-ring (bicyclic) bond motifs is 2. The maximum Gasteiger partial charge on any atom is 0.0453 e. The van der Waals surface area contributed by atoms with E-state index in [-0.39, 0.29) is 0 Å². The summed E-state index contributed by atoms with van der Waals surface area (Å²) in [5.41, 5.74) is 7.19. The van der Waals surface area contributed by atoms with Crippen molar-refractivity contribution in [3.8, 4) is 0 Å². The average molecular weight is 264 g/mol. The molecular formula is C18H20N2. The third-order valence-electron chi connectivity index (χ3n) is 4.62. The number of nitrogens with one attached hydrogen (secondary N) is 1. The highest BCUT2D eigenvalue weighted by molar-refractivity contribution is 5.65. The van der Waals surface area contributed by atoms with Gasteiger partial charge in [0.1, 0.15) is 0 Å². The lowest BCUT2D eigenvalue weighted by Gasteiger charge is -2.26. The molecule has 2 aromatic carbocycles. The number of hydrogen-bond donors (Lipinski definition) is 1. The zero-order valence-corrected chi connectivity index (χ0v) is 11.9. The maximum absolute atomic E-state index is 3.55. The molecular weight excluding hydrogens is 244 g/mol. The minimum atomic E-state index is 0.588. The fraction of sp³-hybridized carbons (Fsp3) is 0.333. The Bertz CT molecular complexity index is 648. The Morgan fingerprint density at radius 2 is 1.95 bits per heavy atom. The van der Waals surface area contributed by atoms with Gasteiger partial charge in [0.15, 0.2) is 0 Å². The first-order valence-electron chi connectivity index (χ1n) is 7.52. The summed E-state index contributed by atoms with van der Waals surface area (Å²) in [6.45, 7) is 4.42. The van der Waals surface area contributed by atoms with Gasteiger partial charge < -0.3 is 10.2 Å². The van der Waals surface area contributed by atoms with Crippen LogP contribution in [0, 0.1) is 0 Å². The second kappa shape index (κ2) is 4.55. The molecule has 1 N–H and O–H groups in total. The summed E-state index contributed by atoms with van der Waals surface area (Å²) in [4.78, 5) is 2.55. The van der Waals surface area contributed by atoms with Crippen LogP contribution in [-0.2, 0) is 19.4 Å². The lowest BCUT2D eigenvalue weighted by Crippen LogP contribution is -2.28. The summed E-state index contributed by atoms with van der Waals surface area (Å²) in [6, 6.07) is 16.1. The number of benzene rings is 2. The quantitative estimate of drug-likeness (QED) is 0.891. The summed E-state index contributed by atoms with van der Waals surface area (Å²) in [5, 5.41) is 3.55. The van der Waals surface area contributed by atoms with Gasteiger partial charge in [-0.25, -0.2) is 0 Å². The molecule has 0 amide bonds. The van der Waals surface area contributed by atoms with Gasteiger partial charge in [-0.3, -0.25) is 0 Å². The molecule has 2 nitrogen and oxygen atoms in total. The molecule has 2 heterocycles. The monoisotopic (exact) mass is 264 g/mol. The van der Waals surface area contributed by atoms with Gasteiger partial charge in [0.25, 0.3) is 0 Å². The van der Waals surface area contributed by atoms with Crippen LogP contribution in [0.2, 0.25) is 0 Å². The van der Waals surface area contributed by atoms with Gasteiger partial charge in [-0.2, -0.15) is 0 Å². The second-order valence-corrected chi connectivity index (χ2v) is 5.94. The number of nitrogens with zero attached hydrogens (tertiary/aromatic N) is 1. The first-order valence-corrected chi connectivity index (χ1v) is 7.52. The van der Waals surface area contributed by atoms with Gasteiger partial charge in [-0.15, -0.1) is 0 Å². The first-order chi connectivity index (χ1) is 9.83. The molecule has 0 bridgehead atoms. The molecule has 2 aliphatic rings. The Kier molecular flexibility index (Phi) is 2.69. The molecule has 20 heavy (non-hydrogen) atoms. The summed E-state index contributed by atoms with van der Waals surface area (Å²) in [6.07, 6.45) is 2.33. The van der Waals surface area contributed by atoms with E-state index in [4.69, 9.17) is 0 Å². The number of anilines is 2. The van der Waals surface area contributed by atoms with Crippen molar-refractivity contribution in [3.63, 3.8) is 0 Å². The van der Waals surface area contributed by atoms with Crippen molar-refractivity contribution in [1.29, 1.82) is 0 Å². The molecule has 4 rings (SSSR count). The molecule has 1 atom stereocenters. The Balaban J connectivity index is 1.69. The van der Waals surface area contributed by atoms with Crippen LogP contribution in [0.3, 0.4) is 0 Å². The van der Waals surface area contributed by atoms with Gasteiger partial charge in [0, 0.05) is 30.5 Å². The van der Waals surface area contributed by atoms with Gasteiger partial charge in [-0.05, 0) is 42.5 Å². The molecule has 0 aliphatic carbocycles. The van der Waals surface area contributed by atoms with E-state index in [1.54, 1.807) is 0 Å². The molecule has 102 valence electrons. The third-order valence-corrected chi connectivity index (χ3v) is 4.62. The van der Waals surface area contributed by atoms with Crippen LogP contribution in [0.25, 0.3) is 0 Å². The van der Waals surface area contributed by atoms with E-state index >= 15 is 0 Å². The Morgan fingerprint density at radius 1 is 1.10 bits per heavy atom.